The molecular weight excluding hydrogens is 238 g/mol. The van der Waals surface area contributed by atoms with Gasteiger partial charge in [0.25, 0.3) is 0 Å². The van der Waals surface area contributed by atoms with Gasteiger partial charge in [0.15, 0.2) is 11.6 Å². The summed E-state index contributed by atoms with van der Waals surface area (Å²) in [5, 5.41) is 12.3. The van der Waals surface area contributed by atoms with Crippen LogP contribution in [0.25, 0.3) is 0 Å². The molecule has 1 aliphatic rings. The van der Waals surface area contributed by atoms with Gasteiger partial charge >= 0.3 is 0 Å². The quantitative estimate of drug-likeness (QED) is 0.847. The largest absolute Gasteiger partial charge is 0.396 e. The monoisotopic (exact) mass is 256 g/mol. The van der Waals surface area contributed by atoms with Gasteiger partial charge in [-0.15, -0.1) is 0 Å². The number of aliphatic hydroxyl groups excluding tert-OH is 1. The van der Waals surface area contributed by atoms with E-state index in [0.717, 1.165) is 25.7 Å². The lowest BCUT2D eigenvalue weighted by Crippen LogP contribution is -2.51. The Bertz CT molecular complexity index is 399. The molecule has 1 aromatic carbocycles. The van der Waals surface area contributed by atoms with Crippen LogP contribution >= 0.6 is 0 Å². The second-order valence-corrected chi connectivity index (χ2v) is 4.55. The molecule has 2 N–H and O–H groups in total. The second kappa shape index (κ2) is 6.22. The van der Waals surface area contributed by atoms with Gasteiger partial charge in [0.05, 0.1) is 0 Å². The van der Waals surface area contributed by atoms with Crippen molar-refractivity contribution in [3.8, 4) is 0 Å². The highest BCUT2D eigenvalue weighted by atomic mass is 19.2. The molecule has 1 atom stereocenters. The molecule has 0 aromatic heterocycles. The first-order valence-electron chi connectivity index (χ1n) is 6.21. The molecule has 100 valence electrons. The number of hydrogen-bond acceptors (Lipinski definition) is 3. The normalized spacial score (nSPS) is 21.2. The maximum absolute atomic E-state index is 13.6. The van der Waals surface area contributed by atoms with E-state index in [-0.39, 0.29) is 12.6 Å². The van der Waals surface area contributed by atoms with Crippen LogP contribution in [0.15, 0.2) is 18.2 Å². The summed E-state index contributed by atoms with van der Waals surface area (Å²) in [7, 11) is 0. The van der Waals surface area contributed by atoms with Gasteiger partial charge in [-0.25, -0.2) is 8.78 Å². The van der Waals surface area contributed by atoms with Crippen LogP contribution in [0.3, 0.4) is 0 Å². The Balaban J connectivity index is 2.08. The minimum Gasteiger partial charge on any atom is -0.396 e. The van der Waals surface area contributed by atoms with Crippen molar-refractivity contribution in [3.05, 3.63) is 35.4 Å². The van der Waals surface area contributed by atoms with E-state index in [1.807, 2.05) is 0 Å². The Morgan fingerprint density at radius 3 is 3.00 bits per heavy atom. The second-order valence-electron chi connectivity index (χ2n) is 4.55. The van der Waals surface area contributed by atoms with Crippen LogP contribution in [0.4, 0.5) is 8.78 Å². The average molecular weight is 256 g/mol. The van der Waals surface area contributed by atoms with E-state index in [4.69, 9.17) is 5.11 Å². The van der Waals surface area contributed by atoms with Gasteiger partial charge in [0.1, 0.15) is 0 Å². The fourth-order valence-corrected chi connectivity index (χ4v) is 2.33. The fraction of sp³-hybridized carbons (Fsp3) is 0.538. The highest BCUT2D eigenvalue weighted by molar-refractivity contribution is 5.19. The van der Waals surface area contributed by atoms with E-state index >= 15 is 0 Å². The molecule has 0 radical (unpaired) electrons. The van der Waals surface area contributed by atoms with E-state index in [0.29, 0.717) is 18.5 Å². The van der Waals surface area contributed by atoms with E-state index in [2.05, 4.69) is 10.2 Å². The van der Waals surface area contributed by atoms with Crippen molar-refractivity contribution in [2.24, 2.45) is 0 Å². The molecule has 1 aromatic rings. The predicted octanol–water partition coefficient (Wildman–Crippen LogP) is 1.12. The molecule has 18 heavy (non-hydrogen) atoms. The molecule has 2 rings (SSSR count). The Morgan fingerprint density at radius 1 is 1.39 bits per heavy atom. The number of halogens is 2. The maximum Gasteiger partial charge on any atom is 0.163 e. The zero-order valence-corrected chi connectivity index (χ0v) is 10.2. The van der Waals surface area contributed by atoms with E-state index < -0.39 is 11.6 Å². The summed E-state index contributed by atoms with van der Waals surface area (Å²) in [6.45, 7) is 2.88. The smallest absolute Gasteiger partial charge is 0.163 e. The van der Waals surface area contributed by atoms with E-state index in [9.17, 15) is 8.78 Å². The topological polar surface area (TPSA) is 35.5 Å². The van der Waals surface area contributed by atoms with Crippen LogP contribution in [0, 0.1) is 11.6 Å². The summed E-state index contributed by atoms with van der Waals surface area (Å²) in [6.07, 6.45) is 0.643. The van der Waals surface area contributed by atoms with Crippen molar-refractivity contribution < 1.29 is 13.9 Å². The van der Waals surface area contributed by atoms with Crippen molar-refractivity contribution in [3.63, 3.8) is 0 Å². The molecule has 1 aliphatic heterocycles. The van der Waals surface area contributed by atoms with Crippen LogP contribution < -0.4 is 5.32 Å². The molecule has 0 saturated carbocycles. The van der Waals surface area contributed by atoms with Gasteiger partial charge in [0, 0.05) is 44.4 Å². The van der Waals surface area contributed by atoms with Crippen LogP contribution in [-0.4, -0.2) is 42.3 Å². The van der Waals surface area contributed by atoms with Gasteiger partial charge in [-0.1, -0.05) is 12.1 Å². The lowest BCUT2D eigenvalue weighted by atomic mass is 10.1. The van der Waals surface area contributed by atoms with Crippen LogP contribution in [0.2, 0.25) is 0 Å². The third-order valence-electron chi connectivity index (χ3n) is 3.34. The summed E-state index contributed by atoms with van der Waals surface area (Å²) in [5.74, 6) is -1.57. The number of rotatable bonds is 4. The minimum atomic E-state index is -0.804. The number of hydrogen-bond donors (Lipinski definition) is 2. The molecular formula is C13H18F2N2O. The molecule has 1 saturated heterocycles. The van der Waals surface area contributed by atoms with Gasteiger partial charge < -0.3 is 10.4 Å². The Kier molecular flexibility index (Phi) is 4.63. The van der Waals surface area contributed by atoms with Gasteiger partial charge in [-0.05, 0) is 12.5 Å². The summed E-state index contributed by atoms with van der Waals surface area (Å²) >= 11 is 0. The lowest BCUT2D eigenvalue weighted by Gasteiger charge is -2.36. The molecule has 0 unspecified atom stereocenters. The summed E-state index contributed by atoms with van der Waals surface area (Å²) in [6, 6.07) is 4.43. The van der Waals surface area contributed by atoms with Crippen LogP contribution in [0.5, 0.6) is 0 Å². The summed E-state index contributed by atoms with van der Waals surface area (Å²) in [5.41, 5.74) is 0.375. The zero-order valence-electron chi connectivity index (χ0n) is 10.2. The first kappa shape index (κ1) is 13.4. The molecule has 3 nitrogen and oxygen atoms in total. The first-order valence-corrected chi connectivity index (χ1v) is 6.21. The molecule has 0 aliphatic carbocycles. The predicted molar refractivity (Wildman–Crippen MR) is 65.1 cm³/mol. The first-order chi connectivity index (χ1) is 8.72. The molecule has 5 heteroatoms. The third-order valence-corrected chi connectivity index (χ3v) is 3.34. The van der Waals surface area contributed by atoms with E-state index in [1.54, 1.807) is 6.07 Å². The zero-order chi connectivity index (χ0) is 13.0. The van der Waals surface area contributed by atoms with Crippen molar-refractivity contribution in [1.82, 2.24) is 10.2 Å². The highest BCUT2D eigenvalue weighted by Crippen LogP contribution is 2.17. The number of nitrogens with zero attached hydrogens (tertiary/aromatic N) is 1. The van der Waals surface area contributed by atoms with Crippen molar-refractivity contribution >= 4 is 0 Å². The van der Waals surface area contributed by atoms with E-state index in [1.165, 1.54) is 6.07 Å². The molecule has 1 fully saturated rings. The van der Waals surface area contributed by atoms with Gasteiger partial charge in [0.2, 0.25) is 0 Å². The average Bonchev–Trinajstić information content (AvgIpc) is 2.37. The number of benzene rings is 1. The number of aliphatic hydroxyl groups is 1. The Hall–Kier alpha value is -1.04. The molecule has 0 amide bonds. The standard InChI is InChI=1S/C13H18F2N2O/c14-12-3-1-2-10(13(12)15)9-17-6-5-16-8-11(17)4-7-18/h1-3,11,16,18H,4-9H2/t11-/m1/s1. The maximum atomic E-state index is 13.6. The molecule has 1 heterocycles. The number of nitrogens with one attached hydrogen (secondary N) is 1. The van der Waals surface area contributed by atoms with Crippen molar-refractivity contribution in [2.45, 2.75) is 19.0 Å². The van der Waals surface area contributed by atoms with Gasteiger partial charge in [-0.3, -0.25) is 4.90 Å². The van der Waals surface area contributed by atoms with Crippen molar-refractivity contribution in [1.29, 1.82) is 0 Å². The highest BCUT2D eigenvalue weighted by Gasteiger charge is 2.23. The fourth-order valence-electron chi connectivity index (χ4n) is 2.33. The number of piperazine rings is 1. The molecule has 0 bridgehead atoms. The third kappa shape index (κ3) is 3.04. The lowest BCUT2D eigenvalue weighted by molar-refractivity contribution is 0.122. The minimum absolute atomic E-state index is 0.106. The van der Waals surface area contributed by atoms with Gasteiger partial charge in [-0.2, -0.15) is 0 Å². The Labute approximate surface area is 105 Å². The van der Waals surface area contributed by atoms with Crippen molar-refractivity contribution in [2.75, 3.05) is 26.2 Å². The summed E-state index contributed by atoms with van der Waals surface area (Å²) in [4.78, 5) is 2.09. The summed E-state index contributed by atoms with van der Waals surface area (Å²) < 4.78 is 26.7. The molecule has 0 spiro atoms. The SMILES string of the molecule is OCC[C@@H]1CNCCN1Cc1cccc(F)c1F. The van der Waals surface area contributed by atoms with Crippen LogP contribution in [-0.2, 0) is 6.54 Å². The Morgan fingerprint density at radius 2 is 2.22 bits per heavy atom. The van der Waals surface area contributed by atoms with Crippen LogP contribution in [0.1, 0.15) is 12.0 Å².